The van der Waals surface area contributed by atoms with Crippen molar-refractivity contribution in [3.63, 3.8) is 0 Å². The monoisotopic (exact) mass is 430 g/mol. The van der Waals surface area contributed by atoms with E-state index in [4.69, 9.17) is 5.26 Å². The van der Waals surface area contributed by atoms with Crippen LogP contribution in [0.1, 0.15) is 21.5 Å². The number of carbonyl (C=O) groups is 1. The number of nitriles is 1. The third kappa shape index (κ3) is 5.61. The van der Waals surface area contributed by atoms with Crippen molar-refractivity contribution in [2.45, 2.75) is 6.54 Å². The predicted molar refractivity (Wildman–Crippen MR) is 105 cm³/mol. The van der Waals surface area contributed by atoms with Crippen LogP contribution in [0.25, 0.3) is 0 Å². The normalized spacial score (nSPS) is 10.5. The first-order chi connectivity index (χ1) is 12.8. The maximum Gasteiger partial charge on any atom is 0.284 e. The van der Waals surface area contributed by atoms with Crippen LogP contribution in [0.2, 0.25) is 0 Å². The van der Waals surface area contributed by atoms with E-state index in [1.54, 1.807) is 29.2 Å². The molecule has 2 aromatic rings. The molecule has 8 heteroatoms. The Kier molecular flexibility index (Phi) is 7.05. The van der Waals surface area contributed by atoms with Gasteiger partial charge in [-0.25, -0.2) is 0 Å². The lowest BCUT2D eigenvalue weighted by atomic mass is 10.1. The highest BCUT2D eigenvalue weighted by atomic mass is 79.9. The molecule has 2 rings (SSSR count). The van der Waals surface area contributed by atoms with E-state index < -0.39 is 4.92 Å². The summed E-state index contributed by atoms with van der Waals surface area (Å²) < 4.78 is 0.325. The quantitative estimate of drug-likeness (QED) is 0.495. The van der Waals surface area contributed by atoms with Gasteiger partial charge in [-0.15, -0.1) is 0 Å². The minimum atomic E-state index is -0.526. The first-order valence-electron chi connectivity index (χ1n) is 8.19. The number of benzene rings is 2. The van der Waals surface area contributed by atoms with Gasteiger partial charge in [-0.1, -0.05) is 12.1 Å². The van der Waals surface area contributed by atoms with Crippen molar-refractivity contribution in [1.29, 1.82) is 5.26 Å². The van der Waals surface area contributed by atoms with Crippen LogP contribution in [0.5, 0.6) is 0 Å². The number of halogens is 1. The number of amides is 1. The molecule has 0 N–H and O–H groups in total. The van der Waals surface area contributed by atoms with E-state index in [-0.39, 0.29) is 17.2 Å². The number of rotatable bonds is 7. The first-order valence-corrected chi connectivity index (χ1v) is 8.98. The lowest BCUT2D eigenvalue weighted by Gasteiger charge is -2.25. The third-order valence-corrected chi connectivity index (χ3v) is 4.59. The fourth-order valence-electron chi connectivity index (χ4n) is 2.50. The molecule has 0 spiro atoms. The average Bonchev–Trinajstić information content (AvgIpc) is 2.64. The number of nitro groups is 1. The zero-order valence-corrected chi connectivity index (χ0v) is 16.6. The van der Waals surface area contributed by atoms with Crippen molar-refractivity contribution in [3.8, 4) is 6.07 Å². The molecule has 0 aliphatic heterocycles. The minimum absolute atomic E-state index is 0.153. The van der Waals surface area contributed by atoms with Crippen LogP contribution in [0, 0.1) is 21.4 Å². The Bertz CT molecular complexity index is 893. The van der Waals surface area contributed by atoms with E-state index in [2.05, 4.69) is 22.0 Å². The number of carbonyl (C=O) groups excluding carboxylic acids is 1. The van der Waals surface area contributed by atoms with Gasteiger partial charge in [-0.3, -0.25) is 14.9 Å². The van der Waals surface area contributed by atoms with Crippen LogP contribution in [0.3, 0.4) is 0 Å². The minimum Gasteiger partial charge on any atom is -0.333 e. The maximum absolute atomic E-state index is 13.0. The molecule has 0 bridgehead atoms. The van der Waals surface area contributed by atoms with Crippen LogP contribution >= 0.6 is 15.9 Å². The molecule has 1 amide bonds. The largest absolute Gasteiger partial charge is 0.333 e. The standard InChI is InChI=1S/C19H19BrN4O3/c1-22(2)8-9-23(13-15-5-3-4-14(10-15)12-21)19(25)16-6-7-17(20)18(11-16)24(26)27/h3-7,10-11H,8-9,13H2,1-2H3. The van der Waals surface area contributed by atoms with E-state index in [0.29, 0.717) is 29.7 Å². The van der Waals surface area contributed by atoms with E-state index in [9.17, 15) is 14.9 Å². The van der Waals surface area contributed by atoms with Crippen molar-refractivity contribution in [3.05, 3.63) is 73.7 Å². The zero-order valence-electron chi connectivity index (χ0n) is 15.1. The summed E-state index contributed by atoms with van der Waals surface area (Å²) in [5.41, 5.74) is 1.44. The molecule has 0 saturated heterocycles. The van der Waals surface area contributed by atoms with Gasteiger partial charge in [-0.2, -0.15) is 5.26 Å². The van der Waals surface area contributed by atoms with E-state index in [0.717, 1.165) is 5.56 Å². The van der Waals surface area contributed by atoms with Gasteiger partial charge < -0.3 is 9.80 Å². The van der Waals surface area contributed by atoms with Crippen molar-refractivity contribution >= 4 is 27.5 Å². The summed E-state index contributed by atoms with van der Waals surface area (Å²) in [6.07, 6.45) is 0. The second kappa shape index (κ2) is 9.26. The van der Waals surface area contributed by atoms with Gasteiger partial charge >= 0.3 is 0 Å². The van der Waals surface area contributed by atoms with E-state index in [1.165, 1.54) is 12.1 Å². The third-order valence-electron chi connectivity index (χ3n) is 3.92. The van der Waals surface area contributed by atoms with Gasteiger partial charge in [0.2, 0.25) is 0 Å². The maximum atomic E-state index is 13.0. The SMILES string of the molecule is CN(C)CCN(Cc1cccc(C#N)c1)C(=O)c1ccc(Br)c([N+](=O)[O-])c1. The summed E-state index contributed by atoms with van der Waals surface area (Å²) in [5, 5.41) is 20.2. The molecule has 0 atom stereocenters. The van der Waals surface area contributed by atoms with Crippen LogP contribution < -0.4 is 0 Å². The van der Waals surface area contributed by atoms with Crippen LogP contribution in [-0.4, -0.2) is 47.8 Å². The van der Waals surface area contributed by atoms with E-state index in [1.807, 2.05) is 25.1 Å². The molecular formula is C19H19BrN4O3. The molecule has 0 unspecified atom stereocenters. The first kappa shape index (κ1) is 20.6. The molecule has 0 heterocycles. The second-order valence-corrected chi connectivity index (χ2v) is 7.12. The van der Waals surface area contributed by atoms with Crippen molar-refractivity contribution in [1.82, 2.24) is 9.80 Å². The molecule has 0 radical (unpaired) electrons. The number of nitrogens with zero attached hydrogens (tertiary/aromatic N) is 4. The average molecular weight is 431 g/mol. The molecular weight excluding hydrogens is 412 g/mol. The highest BCUT2D eigenvalue weighted by molar-refractivity contribution is 9.10. The number of hydrogen-bond donors (Lipinski definition) is 0. The lowest BCUT2D eigenvalue weighted by Crippen LogP contribution is -2.36. The summed E-state index contributed by atoms with van der Waals surface area (Å²) in [6.45, 7) is 1.40. The molecule has 27 heavy (non-hydrogen) atoms. The Labute approximate surface area is 166 Å². The summed E-state index contributed by atoms with van der Waals surface area (Å²) in [6, 6.07) is 13.5. The molecule has 140 valence electrons. The number of hydrogen-bond acceptors (Lipinski definition) is 5. The molecule has 0 aliphatic rings. The zero-order chi connectivity index (χ0) is 20.0. The van der Waals surface area contributed by atoms with Gasteiger partial charge in [0.15, 0.2) is 0 Å². The predicted octanol–water partition coefficient (Wildman–Crippen LogP) is 3.43. The molecule has 0 saturated carbocycles. The topological polar surface area (TPSA) is 90.5 Å². The van der Waals surface area contributed by atoms with Gasteiger partial charge in [0.1, 0.15) is 0 Å². The van der Waals surface area contributed by atoms with Crippen LogP contribution in [0.4, 0.5) is 5.69 Å². The molecule has 0 fully saturated rings. The summed E-state index contributed by atoms with van der Waals surface area (Å²) in [7, 11) is 3.81. The Morgan fingerprint density at radius 1 is 1.22 bits per heavy atom. The Balaban J connectivity index is 2.32. The van der Waals surface area contributed by atoms with Gasteiger partial charge in [0.05, 0.1) is 21.0 Å². The van der Waals surface area contributed by atoms with Gasteiger partial charge in [0.25, 0.3) is 11.6 Å². The molecule has 2 aromatic carbocycles. The van der Waals surface area contributed by atoms with Crippen molar-refractivity contribution < 1.29 is 9.72 Å². The smallest absolute Gasteiger partial charge is 0.284 e. The molecule has 0 aromatic heterocycles. The Morgan fingerprint density at radius 2 is 1.96 bits per heavy atom. The van der Waals surface area contributed by atoms with Crippen LogP contribution in [-0.2, 0) is 6.54 Å². The highest BCUT2D eigenvalue weighted by Gasteiger charge is 2.21. The summed E-state index contributed by atoms with van der Waals surface area (Å²) >= 11 is 3.13. The van der Waals surface area contributed by atoms with Crippen molar-refractivity contribution in [2.75, 3.05) is 27.2 Å². The van der Waals surface area contributed by atoms with Crippen molar-refractivity contribution in [2.24, 2.45) is 0 Å². The van der Waals surface area contributed by atoms with Gasteiger partial charge in [-0.05, 0) is 59.9 Å². The van der Waals surface area contributed by atoms with E-state index >= 15 is 0 Å². The van der Waals surface area contributed by atoms with Gasteiger partial charge in [0, 0.05) is 31.3 Å². The Morgan fingerprint density at radius 3 is 2.59 bits per heavy atom. The highest BCUT2D eigenvalue weighted by Crippen LogP contribution is 2.26. The molecule has 0 aliphatic carbocycles. The number of nitro benzene ring substituents is 1. The Hall–Kier alpha value is -2.76. The summed E-state index contributed by atoms with van der Waals surface area (Å²) in [4.78, 5) is 27.2. The summed E-state index contributed by atoms with van der Waals surface area (Å²) in [5.74, 6) is -0.296. The fraction of sp³-hybridized carbons (Fsp3) is 0.263. The lowest BCUT2D eigenvalue weighted by molar-refractivity contribution is -0.385. The molecule has 7 nitrogen and oxygen atoms in total. The van der Waals surface area contributed by atoms with Crippen LogP contribution in [0.15, 0.2) is 46.9 Å². The number of likely N-dealkylation sites (N-methyl/N-ethyl adjacent to an activating group) is 1. The fourth-order valence-corrected chi connectivity index (χ4v) is 2.89. The second-order valence-electron chi connectivity index (χ2n) is 6.27.